The number of esters is 4. The molecule has 0 aromatic carbocycles. The van der Waals surface area contributed by atoms with Crippen molar-refractivity contribution in [3.63, 3.8) is 0 Å². The molecule has 1 spiro atoms. The molecule has 0 radical (unpaired) electrons. The monoisotopic (exact) mass is 560 g/mol. The number of carbonyl (C=O) groups is 4. The lowest BCUT2D eigenvalue weighted by atomic mass is 9.46. The van der Waals surface area contributed by atoms with Gasteiger partial charge in [-0.1, -0.05) is 25.5 Å². The predicted molar refractivity (Wildman–Crippen MR) is 143 cm³/mol. The molecule has 1 heterocycles. The topological polar surface area (TPSA) is 118 Å². The smallest absolute Gasteiger partial charge is 0.350 e. The largest absolute Gasteiger partial charge is 0.463 e. The third-order valence-corrected chi connectivity index (χ3v) is 11.2. The molecule has 0 aromatic rings. The fraction of sp³-hybridized carbons (Fsp3) is 0.806. The predicted octanol–water partition coefficient (Wildman–Crippen LogP) is 4.45. The molecule has 0 N–H and O–H groups in total. The first kappa shape index (κ1) is 29.1. The van der Waals surface area contributed by atoms with Crippen LogP contribution in [0.2, 0.25) is 0 Å². The van der Waals surface area contributed by atoms with Crippen molar-refractivity contribution in [1.82, 2.24) is 0 Å². The molecule has 4 fully saturated rings. The number of fused-ring (bicyclic) bond motifs is 6. The zero-order chi connectivity index (χ0) is 29.3. The highest BCUT2D eigenvalue weighted by molar-refractivity contribution is 5.81. The third-order valence-electron chi connectivity index (χ3n) is 11.2. The van der Waals surface area contributed by atoms with Crippen molar-refractivity contribution in [2.24, 2.45) is 28.6 Å². The summed E-state index contributed by atoms with van der Waals surface area (Å²) in [6.07, 6.45) is 6.38. The van der Waals surface area contributed by atoms with E-state index < -0.39 is 46.7 Å². The summed E-state index contributed by atoms with van der Waals surface area (Å²) >= 11 is 0. The van der Waals surface area contributed by atoms with Crippen LogP contribution in [-0.4, -0.2) is 60.0 Å². The number of carbonyl (C=O) groups excluding carboxylic acids is 4. The molecular formula is C31H44O9. The van der Waals surface area contributed by atoms with Gasteiger partial charge in [-0.25, -0.2) is 4.79 Å². The molecule has 5 aliphatic rings. The summed E-state index contributed by atoms with van der Waals surface area (Å²) in [4.78, 5) is 49.1. The molecule has 40 heavy (non-hydrogen) atoms. The minimum Gasteiger partial charge on any atom is -0.463 e. The van der Waals surface area contributed by atoms with Crippen molar-refractivity contribution in [2.45, 2.75) is 123 Å². The molecule has 0 bridgehead atoms. The van der Waals surface area contributed by atoms with Crippen LogP contribution in [0.1, 0.15) is 93.4 Å². The first-order chi connectivity index (χ1) is 18.7. The highest BCUT2D eigenvalue weighted by Gasteiger charge is 2.88. The molecular weight excluding hydrogens is 516 g/mol. The lowest BCUT2D eigenvalue weighted by molar-refractivity contribution is -0.171. The van der Waals surface area contributed by atoms with E-state index in [1.54, 1.807) is 13.8 Å². The maximum atomic E-state index is 13.1. The van der Waals surface area contributed by atoms with Gasteiger partial charge in [0.2, 0.25) is 6.10 Å². The Balaban J connectivity index is 1.49. The molecule has 0 aromatic heterocycles. The Bertz CT molecular complexity index is 1130. The summed E-state index contributed by atoms with van der Waals surface area (Å²) in [6, 6.07) is 0. The molecule has 222 valence electrons. The Morgan fingerprint density at radius 2 is 1.68 bits per heavy atom. The lowest BCUT2D eigenvalue weighted by Crippen LogP contribution is -2.56. The Labute approximate surface area is 236 Å². The van der Waals surface area contributed by atoms with Gasteiger partial charge in [-0.3, -0.25) is 14.4 Å². The maximum Gasteiger partial charge on any atom is 0.350 e. The van der Waals surface area contributed by atoms with Gasteiger partial charge in [0.05, 0.1) is 6.61 Å². The average Bonchev–Trinajstić information content (AvgIpc) is 3.43. The third kappa shape index (κ3) is 4.12. The number of ether oxygens (including phenoxy) is 5. The quantitative estimate of drug-likeness (QED) is 0.201. The van der Waals surface area contributed by atoms with Gasteiger partial charge in [0.1, 0.15) is 23.4 Å². The minimum absolute atomic E-state index is 0.0203. The van der Waals surface area contributed by atoms with Crippen LogP contribution in [0, 0.1) is 28.6 Å². The van der Waals surface area contributed by atoms with Gasteiger partial charge in [0, 0.05) is 32.6 Å². The van der Waals surface area contributed by atoms with Crippen molar-refractivity contribution >= 4 is 23.9 Å². The van der Waals surface area contributed by atoms with E-state index in [2.05, 4.69) is 19.9 Å². The Morgan fingerprint density at radius 1 is 0.975 bits per heavy atom. The summed E-state index contributed by atoms with van der Waals surface area (Å²) in [5.41, 5.74) is -1.17. The molecule has 1 saturated heterocycles. The molecule has 4 aliphatic carbocycles. The lowest BCUT2D eigenvalue weighted by Gasteiger charge is -2.57. The van der Waals surface area contributed by atoms with Gasteiger partial charge < -0.3 is 23.7 Å². The van der Waals surface area contributed by atoms with Crippen LogP contribution >= 0.6 is 0 Å². The van der Waals surface area contributed by atoms with E-state index in [1.807, 2.05) is 0 Å². The summed E-state index contributed by atoms with van der Waals surface area (Å²) in [5.74, 6) is -0.913. The second kappa shape index (κ2) is 9.85. The van der Waals surface area contributed by atoms with Crippen LogP contribution in [0.4, 0.5) is 0 Å². The molecule has 3 saturated carbocycles. The van der Waals surface area contributed by atoms with Crippen LogP contribution < -0.4 is 0 Å². The maximum absolute atomic E-state index is 13.1. The number of hydrogen-bond acceptors (Lipinski definition) is 9. The second-order valence-electron chi connectivity index (χ2n) is 13.2. The van der Waals surface area contributed by atoms with E-state index in [9.17, 15) is 19.2 Å². The number of rotatable bonds is 6. The molecule has 9 nitrogen and oxygen atoms in total. The minimum atomic E-state index is -1.26. The number of epoxide rings is 1. The Kier molecular flexibility index (Phi) is 7.16. The molecule has 9 heteroatoms. The van der Waals surface area contributed by atoms with Crippen molar-refractivity contribution in [3.8, 4) is 0 Å². The zero-order valence-electron chi connectivity index (χ0n) is 24.9. The summed E-state index contributed by atoms with van der Waals surface area (Å²) < 4.78 is 29.0. The normalized spacial score (nSPS) is 43.8. The highest BCUT2D eigenvalue weighted by Crippen LogP contribution is 2.76. The number of hydrogen-bond donors (Lipinski definition) is 0. The molecule has 1 aliphatic heterocycles. The average molecular weight is 561 g/mol. The second-order valence-corrected chi connectivity index (χ2v) is 13.2. The molecule has 0 amide bonds. The van der Waals surface area contributed by atoms with E-state index in [-0.39, 0.29) is 30.0 Å². The van der Waals surface area contributed by atoms with Crippen LogP contribution in [0.25, 0.3) is 0 Å². The van der Waals surface area contributed by atoms with Gasteiger partial charge in [-0.2, -0.15) is 0 Å². The van der Waals surface area contributed by atoms with Crippen molar-refractivity contribution < 1.29 is 42.9 Å². The van der Waals surface area contributed by atoms with Gasteiger partial charge in [-0.15, -0.1) is 0 Å². The summed E-state index contributed by atoms with van der Waals surface area (Å²) in [5, 5.41) is 0. The SMILES string of the molecule is CCOC(=O)C(OC(C)=O)C1(C)O[C@@]12[C@H](OC(C)=O)CC1C3CC=C4C[C@@H](OC(C)=O)CC[C@]4(C)C3CC[C@@]12C. The summed E-state index contributed by atoms with van der Waals surface area (Å²) in [7, 11) is 0. The zero-order valence-corrected chi connectivity index (χ0v) is 24.9. The first-order valence-corrected chi connectivity index (χ1v) is 14.8. The van der Waals surface area contributed by atoms with Crippen molar-refractivity contribution in [3.05, 3.63) is 11.6 Å². The van der Waals surface area contributed by atoms with E-state index in [4.69, 9.17) is 23.7 Å². The Hall–Kier alpha value is -2.42. The van der Waals surface area contributed by atoms with Crippen LogP contribution in [-0.2, 0) is 42.9 Å². The van der Waals surface area contributed by atoms with Gasteiger partial charge in [0.25, 0.3) is 0 Å². The van der Waals surface area contributed by atoms with Crippen molar-refractivity contribution in [1.29, 1.82) is 0 Å². The van der Waals surface area contributed by atoms with E-state index in [0.717, 1.165) is 38.5 Å². The molecule has 10 atom stereocenters. The van der Waals surface area contributed by atoms with Crippen LogP contribution in [0.3, 0.4) is 0 Å². The first-order valence-electron chi connectivity index (χ1n) is 14.8. The van der Waals surface area contributed by atoms with Crippen molar-refractivity contribution in [2.75, 3.05) is 6.61 Å². The van der Waals surface area contributed by atoms with Gasteiger partial charge in [0.15, 0.2) is 0 Å². The van der Waals surface area contributed by atoms with Gasteiger partial charge in [-0.05, 0) is 75.5 Å². The summed E-state index contributed by atoms with van der Waals surface area (Å²) in [6.45, 7) is 12.3. The van der Waals surface area contributed by atoms with Crippen LogP contribution in [0.15, 0.2) is 11.6 Å². The molecule has 5 unspecified atom stereocenters. The molecule has 5 rings (SSSR count). The Morgan fingerprint density at radius 3 is 2.30 bits per heavy atom. The fourth-order valence-corrected chi connectivity index (χ4v) is 9.67. The standard InChI is InChI=1S/C31H44O9/c1-8-36-27(35)26(39-19(4)34)30(7)31(40-30)25(38-18(3)33)16-24-22-10-9-20-15-21(37-17(2)32)11-13-28(20,5)23(22)12-14-29(24,31)6/h9,21-26H,8,10-16H2,1-7H3/t21-,22?,23?,24?,25+,26?,28-,29-,30?,31+/m0/s1. The number of allylic oxidation sites excluding steroid dienone is 1. The van der Waals surface area contributed by atoms with Gasteiger partial charge >= 0.3 is 23.9 Å². The van der Waals surface area contributed by atoms with E-state index in [0.29, 0.717) is 18.3 Å². The fourth-order valence-electron chi connectivity index (χ4n) is 9.67. The van der Waals surface area contributed by atoms with Crippen LogP contribution in [0.5, 0.6) is 0 Å². The highest BCUT2D eigenvalue weighted by atomic mass is 16.7. The van der Waals surface area contributed by atoms with E-state index >= 15 is 0 Å². The van der Waals surface area contributed by atoms with E-state index in [1.165, 1.54) is 26.3 Å².